The van der Waals surface area contributed by atoms with E-state index in [0.717, 1.165) is 12.8 Å². The monoisotopic (exact) mass is 204 g/mol. The van der Waals surface area contributed by atoms with Crippen molar-refractivity contribution >= 4 is 5.78 Å². The normalized spacial score (nSPS) is 14.7. The van der Waals surface area contributed by atoms with Crippen LogP contribution < -0.4 is 0 Å². The average molecular weight is 204 g/mol. The smallest absolute Gasteiger partial charge is 0.252 e. The Hall–Kier alpha value is -1.49. The predicted octanol–water partition coefficient (Wildman–Crippen LogP) is 0.759. The second-order valence-corrected chi connectivity index (χ2v) is 3.76. The Morgan fingerprint density at radius 1 is 1.47 bits per heavy atom. The van der Waals surface area contributed by atoms with Gasteiger partial charge in [-0.2, -0.15) is 4.98 Å². The number of hydrogen-bond acceptors (Lipinski definition) is 4. The molecule has 0 amide bonds. The summed E-state index contributed by atoms with van der Waals surface area (Å²) < 4.78 is 6.87. The van der Waals surface area contributed by atoms with Crippen molar-refractivity contribution < 1.29 is 4.74 Å². The van der Waals surface area contributed by atoms with E-state index in [1.807, 2.05) is 10.7 Å². The molecule has 0 bridgehead atoms. The molecule has 0 saturated carbocycles. The summed E-state index contributed by atoms with van der Waals surface area (Å²) in [5.41, 5.74) is 2.56. The quantitative estimate of drug-likeness (QED) is 0.724. The Morgan fingerprint density at radius 3 is 3.27 bits per heavy atom. The highest BCUT2D eigenvalue weighted by Crippen LogP contribution is 2.20. The van der Waals surface area contributed by atoms with Crippen molar-refractivity contribution in [3.05, 3.63) is 23.3 Å². The number of aryl methyl sites for hydroxylation is 2. The predicted molar refractivity (Wildman–Crippen MR) is 53.5 cm³/mol. The maximum Gasteiger partial charge on any atom is 0.252 e. The molecule has 2 aromatic rings. The van der Waals surface area contributed by atoms with Gasteiger partial charge in [-0.25, -0.2) is 9.50 Å². The van der Waals surface area contributed by atoms with Gasteiger partial charge in [0.15, 0.2) is 5.82 Å². The van der Waals surface area contributed by atoms with Gasteiger partial charge in [-0.05, 0) is 24.8 Å². The van der Waals surface area contributed by atoms with Crippen molar-refractivity contribution in [2.24, 2.45) is 0 Å². The molecule has 0 atom stereocenters. The Bertz CT molecular complexity index is 505. The Balaban J connectivity index is 2.18. The summed E-state index contributed by atoms with van der Waals surface area (Å²) in [6.45, 7) is 0.443. The molecule has 0 aromatic carbocycles. The number of fused-ring (bicyclic) bond motifs is 3. The standard InChI is InChI=1S/C10H12N4O/c1-15-6-9-12-10-11-5-7-3-2-4-8(7)14(10)13-9/h5H,2-4,6H2,1H3. The molecule has 1 aliphatic rings. The summed E-state index contributed by atoms with van der Waals surface area (Å²) in [6, 6.07) is 0. The zero-order chi connectivity index (χ0) is 10.3. The first kappa shape index (κ1) is 8.79. The molecule has 1 aliphatic carbocycles. The van der Waals surface area contributed by atoms with Crippen LogP contribution >= 0.6 is 0 Å². The van der Waals surface area contributed by atoms with Crippen LogP contribution in [0.4, 0.5) is 0 Å². The van der Waals surface area contributed by atoms with Gasteiger partial charge in [0.2, 0.25) is 0 Å². The van der Waals surface area contributed by atoms with Gasteiger partial charge in [-0.1, -0.05) is 0 Å². The summed E-state index contributed by atoms with van der Waals surface area (Å²) >= 11 is 0. The lowest BCUT2D eigenvalue weighted by atomic mass is 10.3. The number of methoxy groups -OCH3 is 1. The largest absolute Gasteiger partial charge is 0.377 e. The molecule has 0 unspecified atom stereocenters. The minimum atomic E-state index is 0.443. The molecule has 5 heteroatoms. The number of aromatic nitrogens is 4. The SMILES string of the molecule is COCc1nc2ncc3c(n2n1)CCC3. The van der Waals surface area contributed by atoms with Crippen LogP contribution in [0, 0.1) is 0 Å². The van der Waals surface area contributed by atoms with Crippen molar-refractivity contribution in [1.29, 1.82) is 0 Å². The molecule has 15 heavy (non-hydrogen) atoms. The van der Waals surface area contributed by atoms with Crippen LogP contribution in [0.2, 0.25) is 0 Å². The van der Waals surface area contributed by atoms with E-state index in [1.165, 1.54) is 17.7 Å². The first-order valence-electron chi connectivity index (χ1n) is 5.10. The Labute approximate surface area is 87.1 Å². The molecule has 0 saturated heterocycles. The van der Waals surface area contributed by atoms with Crippen molar-refractivity contribution in [2.45, 2.75) is 25.9 Å². The van der Waals surface area contributed by atoms with E-state index in [-0.39, 0.29) is 0 Å². The number of hydrogen-bond donors (Lipinski definition) is 0. The lowest BCUT2D eigenvalue weighted by molar-refractivity contribution is 0.178. The second kappa shape index (κ2) is 3.27. The maximum absolute atomic E-state index is 5.01. The number of nitrogens with zero attached hydrogens (tertiary/aromatic N) is 4. The fourth-order valence-electron chi connectivity index (χ4n) is 2.07. The zero-order valence-corrected chi connectivity index (χ0v) is 8.60. The fourth-order valence-corrected chi connectivity index (χ4v) is 2.07. The lowest BCUT2D eigenvalue weighted by Crippen LogP contribution is -2.00. The van der Waals surface area contributed by atoms with E-state index in [2.05, 4.69) is 15.1 Å². The molecule has 0 fully saturated rings. The van der Waals surface area contributed by atoms with Gasteiger partial charge in [0.25, 0.3) is 5.78 Å². The maximum atomic E-state index is 5.01. The van der Waals surface area contributed by atoms with E-state index < -0.39 is 0 Å². The van der Waals surface area contributed by atoms with Crippen molar-refractivity contribution in [2.75, 3.05) is 7.11 Å². The minimum absolute atomic E-state index is 0.443. The molecule has 0 radical (unpaired) electrons. The summed E-state index contributed by atoms with van der Waals surface area (Å²) in [5.74, 6) is 1.38. The molecule has 0 aliphatic heterocycles. The molecule has 3 rings (SSSR count). The third kappa shape index (κ3) is 1.31. The first-order valence-corrected chi connectivity index (χ1v) is 5.10. The summed E-state index contributed by atoms with van der Waals surface area (Å²) in [4.78, 5) is 8.59. The van der Waals surface area contributed by atoms with Crippen LogP contribution in [0.25, 0.3) is 5.78 Å². The van der Waals surface area contributed by atoms with Crippen LogP contribution in [0.3, 0.4) is 0 Å². The number of rotatable bonds is 2. The molecule has 0 spiro atoms. The highest BCUT2D eigenvalue weighted by Gasteiger charge is 2.17. The van der Waals surface area contributed by atoms with Gasteiger partial charge >= 0.3 is 0 Å². The van der Waals surface area contributed by atoms with Gasteiger partial charge in [0, 0.05) is 13.3 Å². The molecular formula is C10H12N4O. The molecule has 0 N–H and O–H groups in total. The van der Waals surface area contributed by atoms with E-state index >= 15 is 0 Å². The molecular weight excluding hydrogens is 192 g/mol. The van der Waals surface area contributed by atoms with E-state index in [0.29, 0.717) is 18.2 Å². The van der Waals surface area contributed by atoms with Crippen LogP contribution in [0.1, 0.15) is 23.5 Å². The first-order chi connectivity index (χ1) is 7.38. The molecule has 78 valence electrons. The van der Waals surface area contributed by atoms with E-state index in [4.69, 9.17) is 4.74 Å². The van der Waals surface area contributed by atoms with Crippen LogP contribution in [0.15, 0.2) is 6.20 Å². The van der Waals surface area contributed by atoms with Gasteiger partial charge in [-0.15, -0.1) is 5.10 Å². The third-order valence-electron chi connectivity index (χ3n) is 2.73. The topological polar surface area (TPSA) is 52.3 Å². The van der Waals surface area contributed by atoms with Crippen LogP contribution in [-0.4, -0.2) is 26.7 Å². The Kier molecular flexibility index (Phi) is 1.92. The lowest BCUT2D eigenvalue weighted by Gasteiger charge is -1.99. The molecule has 2 heterocycles. The van der Waals surface area contributed by atoms with Gasteiger partial charge in [-0.3, -0.25) is 0 Å². The molecule has 5 nitrogen and oxygen atoms in total. The number of ether oxygens (including phenoxy) is 1. The highest BCUT2D eigenvalue weighted by molar-refractivity contribution is 5.35. The van der Waals surface area contributed by atoms with Crippen molar-refractivity contribution in [1.82, 2.24) is 19.6 Å². The van der Waals surface area contributed by atoms with Gasteiger partial charge in [0.05, 0.1) is 5.69 Å². The summed E-state index contributed by atoms with van der Waals surface area (Å²) in [6.07, 6.45) is 5.29. The van der Waals surface area contributed by atoms with E-state index in [1.54, 1.807) is 7.11 Å². The summed E-state index contributed by atoms with van der Waals surface area (Å²) in [5, 5.41) is 4.39. The highest BCUT2D eigenvalue weighted by atomic mass is 16.5. The van der Waals surface area contributed by atoms with Crippen LogP contribution in [0.5, 0.6) is 0 Å². The zero-order valence-electron chi connectivity index (χ0n) is 8.60. The van der Waals surface area contributed by atoms with E-state index in [9.17, 15) is 0 Å². The minimum Gasteiger partial charge on any atom is -0.377 e. The van der Waals surface area contributed by atoms with Gasteiger partial charge in [0.1, 0.15) is 6.61 Å². The van der Waals surface area contributed by atoms with Crippen molar-refractivity contribution in [3.8, 4) is 0 Å². The molecule has 2 aromatic heterocycles. The average Bonchev–Trinajstić information content (AvgIpc) is 2.80. The Morgan fingerprint density at radius 2 is 2.40 bits per heavy atom. The third-order valence-corrected chi connectivity index (χ3v) is 2.73. The van der Waals surface area contributed by atoms with Crippen molar-refractivity contribution in [3.63, 3.8) is 0 Å². The van der Waals surface area contributed by atoms with Crippen LogP contribution in [-0.2, 0) is 24.2 Å². The summed E-state index contributed by atoms with van der Waals surface area (Å²) in [7, 11) is 1.64. The van der Waals surface area contributed by atoms with Gasteiger partial charge < -0.3 is 4.74 Å². The fraction of sp³-hybridized carbons (Fsp3) is 0.500. The second-order valence-electron chi connectivity index (χ2n) is 3.76.